The molecule has 0 spiro atoms. The van der Waals surface area contributed by atoms with Crippen molar-refractivity contribution in [1.29, 1.82) is 0 Å². The van der Waals surface area contributed by atoms with Crippen molar-refractivity contribution < 1.29 is 8.42 Å². The second-order valence-corrected chi connectivity index (χ2v) is 6.81. The molecular formula is C9H16N4O2S2. The molecule has 0 atom stereocenters. The van der Waals surface area contributed by atoms with Crippen LogP contribution in [0.5, 0.6) is 0 Å². The first kappa shape index (κ1) is 12.6. The molecule has 0 aromatic carbocycles. The number of sulfone groups is 1. The van der Waals surface area contributed by atoms with E-state index in [1.165, 1.54) is 0 Å². The zero-order valence-corrected chi connectivity index (χ0v) is 11.4. The molecule has 6 nitrogen and oxygen atoms in total. The highest BCUT2D eigenvalue weighted by atomic mass is 32.2. The molecule has 0 radical (unpaired) electrons. The molecule has 2 rings (SSSR count). The van der Waals surface area contributed by atoms with Crippen molar-refractivity contribution in [3.05, 3.63) is 4.77 Å². The fraction of sp³-hybridized carbons (Fsp3) is 0.778. The summed E-state index contributed by atoms with van der Waals surface area (Å²) < 4.78 is 25.2. The minimum Gasteiger partial charge on any atom is -0.339 e. The molecule has 1 aliphatic heterocycles. The first-order chi connectivity index (χ1) is 8.03. The summed E-state index contributed by atoms with van der Waals surface area (Å²) in [4.78, 5) is 1.98. The average Bonchev–Trinajstić information content (AvgIpc) is 2.62. The molecule has 1 aliphatic rings. The summed E-state index contributed by atoms with van der Waals surface area (Å²) in [6, 6.07) is 0. The third-order valence-electron chi connectivity index (χ3n) is 2.81. The summed E-state index contributed by atoms with van der Waals surface area (Å²) in [5, 5.41) is 6.95. The van der Waals surface area contributed by atoms with E-state index in [4.69, 9.17) is 12.2 Å². The molecular weight excluding hydrogens is 260 g/mol. The molecule has 1 aromatic rings. The Bertz CT molecular complexity index is 532. The maximum atomic E-state index is 11.4. The van der Waals surface area contributed by atoms with E-state index in [1.54, 1.807) is 0 Å². The summed E-state index contributed by atoms with van der Waals surface area (Å²) >= 11 is 5.15. The standard InChI is InChI=1S/C9H16N4O2S2/c1-2-3-13-8(10-11-9(13)16)12-4-6-17(14,15)7-5-12/h2-7H2,1H3,(H,11,16). The Hall–Kier alpha value is -0.890. The van der Waals surface area contributed by atoms with Crippen LogP contribution >= 0.6 is 12.2 Å². The zero-order chi connectivity index (χ0) is 12.5. The lowest BCUT2D eigenvalue weighted by Gasteiger charge is -2.27. The van der Waals surface area contributed by atoms with Crippen molar-refractivity contribution in [2.45, 2.75) is 19.9 Å². The second-order valence-electron chi connectivity index (χ2n) is 4.12. The van der Waals surface area contributed by atoms with E-state index in [0.717, 1.165) is 18.9 Å². The van der Waals surface area contributed by atoms with E-state index in [-0.39, 0.29) is 11.5 Å². The lowest BCUT2D eigenvalue weighted by Crippen LogP contribution is -2.41. The number of rotatable bonds is 3. The van der Waals surface area contributed by atoms with Crippen LogP contribution in [0.1, 0.15) is 13.3 Å². The summed E-state index contributed by atoms with van der Waals surface area (Å²) in [6.45, 7) is 3.85. The minimum atomic E-state index is -2.86. The zero-order valence-electron chi connectivity index (χ0n) is 9.72. The van der Waals surface area contributed by atoms with Crippen molar-refractivity contribution >= 4 is 28.0 Å². The van der Waals surface area contributed by atoms with Crippen molar-refractivity contribution in [2.24, 2.45) is 0 Å². The Morgan fingerprint density at radius 2 is 2.06 bits per heavy atom. The number of nitrogens with zero attached hydrogens (tertiary/aromatic N) is 3. The normalized spacial score (nSPS) is 19.5. The van der Waals surface area contributed by atoms with Gasteiger partial charge in [-0.05, 0) is 18.6 Å². The molecule has 17 heavy (non-hydrogen) atoms. The molecule has 0 unspecified atom stereocenters. The second kappa shape index (κ2) is 4.77. The lowest BCUT2D eigenvalue weighted by molar-refractivity contribution is 0.581. The topological polar surface area (TPSA) is 71.0 Å². The highest BCUT2D eigenvalue weighted by Gasteiger charge is 2.24. The molecule has 1 fully saturated rings. The van der Waals surface area contributed by atoms with Gasteiger partial charge in [0, 0.05) is 19.6 Å². The first-order valence-corrected chi connectivity index (χ1v) is 7.87. The molecule has 1 saturated heterocycles. The van der Waals surface area contributed by atoms with Gasteiger partial charge in [-0.25, -0.2) is 13.5 Å². The highest BCUT2D eigenvalue weighted by molar-refractivity contribution is 7.91. The molecule has 8 heteroatoms. The van der Waals surface area contributed by atoms with E-state index in [2.05, 4.69) is 17.1 Å². The number of aromatic nitrogens is 3. The Kier molecular flexibility index (Phi) is 3.53. The van der Waals surface area contributed by atoms with Crippen LogP contribution in [-0.4, -0.2) is 47.8 Å². The number of anilines is 1. The van der Waals surface area contributed by atoms with Gasteiger partial charge in [-0.15, -0.1) is 5.10 Å². The Morgan fingerprint density at radius 3 is 2.65 bits per heavy atom. The van der Waals surface area contributed by atoms with E-state index in [0.29, 0.717) is 17.9 Å². The summed E-state index contributed by atoms with van der Waals surface area (Å²) in [5.41, 5.74) is 0. The van der Waals surface area contributed by atoms with Gasteiger partial charge in [0.15, 0.2) is 14.6 Å². The monoisotopic (exact) mass is 276 g/mol. The smallest absolute Gasteiger partial charge is 0.225 e. The number of hydrogen-bond donors (Lipinski definition) is 1. The third-order valence-corrected chi connectivity index (χ3v) is 4.73. The van der Waals surface area contributed by atoms with Crippen LogP contribution < -0.4 is 4.90 Å². The first-order valence-electron chi connectivity index (χ1n) is 5.64. The van der Waals surface area contributed by atoms with Crippen LogP contribution in [0.15, 0.2) is 0 Å². The van der Waals surface area contributed by atoms with Crippen LogP contribution in [0, 0.1) is 4.77 Å². The maximum absolute atomic E-state index is 11.4. The molecule has 1 aromatic heterocycles. The fourth-order valence-corrected chi connectivity index (χ4v) is 3.31. The van der Waals surface area contributed by atoms with Gasteiger partial charge < -0.3 is 4.90 Å². The number of aromatic amines is 1. The Labute approximate surface area is 106 Å². The molecule has 0 saturated carbocycles. The maximum Gasteiger partial charge on any atom is 0.225 e. The molecule has 1 N–H and O–H groups in total. The van der Waals surface area contributed by atoms with Crippen LogP contribution in [-0.2, 0) is 16.4 Å². The van der Waals surface area contributed by atoms with E-state index < -0.39 is 9.84 Å². The van der Waals surface area contributed by atoms with Gasteiger partial charge in [0.1, 0.15) is 0 Å². The van der Waals surface area contributed by atoms with Crippen LogP contribution in [0.2, 0.25) is 0 Å². The minimum absolute atomic E-state index is 0.193. The fourth-order valence-electron chi connectivity index (χ4n) is 1.89. The van der Waals surface area contributed by atoms with Crippen molar-refractivity contribution in [3.63, 3.8) is 0 Å². The highest BCUT2D eigenvalue weighted by Crippen LogP contribution is 2.15. The average molecular weight is 276 g/mol. The van der Waals surface area contributed by atoms with Gasteiger partial charge in [0.25, 0.3) is 0 Å². The van der Waals surface area contributed by atoms with Crippen molar-refractivity contribution in [3.8, 4) is 0 Å². The molecule has 0 aliphatic carbocycles. The predicted octanol–water partition coefficient (Wildman–Crippen LogP) is 0.585. The van der Waals surface area contributed by atoms with Gasteiger partial charge in [0.2, 0.25) is 5.95 Å². The quantitative estimate of drug-likeness (QED) is 0.818. The van der Waals surface area contributed by atoms with E-state index in [9.17, 15) is 8.42 Å². The van der Waals surface area contributed by atoms with Crippen LogP contribution in [0.4, 0.5) is 5.95 Å². The van der Waals surface area contributed by atoms with E-state index in [1.807, 2.05) is 9.47 Å². The Morgan fingerprint density at radius 1 is 1.41 bits per heavy atom. The number of nitrogens with one attached hydrogen (secondary N) is 1. The lowest BCUT2D eigenvalue weighted by atomic mass is 10.4. The van der Waals surface area contributed by atoms with Crippen LogP contribution in [0.3, 0.4) is 0 Å². The van der Waals surface area contributed by atoms with Gasteiger partial charge in [-0.2, -0.15) is 0 Å². The van der Waals surface area contributed by atoms with Gasteiger partial charge >= 0.3 is 0 Å². The summed E-state index contributed by atoms with van der Waals surface area (Å²) in [7, 11) is -2.86. The summed E-state index contributed by atoms with van der Waals surface area (Å²) in [6.07, 6.45) is 0.965. The third kappa shape index (κ3) is 2.68. The van der Waals surface area contributed by atoms with Gasteiger partial charge in [-0.3, -0.25) is 4.57 Å². The molecule has 0 amide bonds. The van der Waals surface area contributed by atoms with Crippen molar-refractivity contribution in [1.82, 2.24) is 14.8 Å². The van der Waals surface area contributed by atoms with Crippen molar-refractivity contribution in [2.75, 3.05) is 29.5 Å². The van der Waals surface area contributed by atoms with Gasteiger partial charge in [0.05, 0.1) is 11.5 Å². The van der Waals surface area contributed by atoms with Gasteiger partial charge in [-0.1, -0.05) is 6.92 Å². The number of H-pyrrole nitrogens is 1. The largest absolute Gasteiger partial charge is 0.339 e. The molecule has 2 heterocycles. The van der Waals surface area contributed by atoms with E-state index >= 15 is 0 Å². The van der Waals surface area contributed by atoms with Crippen LogP contribution in [0.25, 0.3) is 0 Å². The Balaban J connectivity index is 2.21. The molecule has 96 valence electrons. The molecule has 0 bridgehead atoms. The SMILES string of the molecule is CCCn1c(N2CCS(=O)(=O)CC2)n[nH]c1=S. The number of hydrogen-bond acceptors (Lipinski definition) is 5. The summed E-state index contributed by atoms with van der Waals surface area (Å²) in [5.74, 6) is 1.14. The predicted molar refractivity (Wildman–Crippen MR) is 68.6 cm³/mol.